The largest absolute Gasteiger partial charge is 0.459 e. The Balaban J connectivity index is 2.63. The second-order valence-corrected chi connectivity index (χ2v) is 2.56. The third-order valence-corrected chi connectivity index (χ3v) is 1.53. The Hall–Kier alpha value is -0.790. The molecule has 0 amide bonds. The van der Waals surface area contributed by atoms with E-state index in [4.69, 9.17) is 4.74 Å². The van der Waals surface area contributed by atoms with E-state index >= 15 is 0 Å². The Morgan fingerprint density at radius 3 is 2.90 bits per heavy atom. The first-order valence-corrected chi connectivity index (χ1v) is 3.64. The minimum Gasteiger partial charge on any atom is -0.459 e. The van der Waals surface area contributed by atoms with Crippen molar-refractivity contribution in [3.63, 3.8) is 0 Å². The van der Waals surface area contributed by atoms with Gasteiger partial charge in [0.1, 0.15) is 6.10 Å². The fourth-order valence-corrected chi connectivity index (χ4v) is 1.11. The molecule has 2 nitrogen and oxygen atoms in total. The summed E-state index contributed by atoms with van der Waals surface area (Å²) in [6.45, 7) is 3.93. The topological polar surface area (TPSA) is 26.3 Å². The van der Waals surface area contributed by atoms with Crippen molar-refractivity contribution in [2.24, 2.45) is 0 Å². The summed E-state index contributed by atoms with van der Waals surface area (Å²) < 4.78 is 4.92. The Morgan fingerprint density at radius 2 is 2.50 bits per heavy atom. The molecule has 1 rings (SSSR count). The third-order valence-electron chi connectivity index (χ3n) is 1.53. The maximum Gasteiger partial charge on any atom is 0.334 e. The molecule has 0 N–H and O–H groups in total. The lowest BCUT2D eigenvalue weighted by molar-refractivity contribution is -0.138. The van der Waals surface area contributed by atoms with Gasteiger partial charge < -0.3 is 4.74 Å². The van der Waals surface area contributed by atoms with Crippen molar-refractivity contribution in [2.45, 2.75) is 32.8 Å². The zero-order chi connectivity index (χ0) is 7.56. The molecule has 2 heteroatoms. The summed E-state index contributed by atoms with van der Waals surface area (Å²) in [4.78, 5) is 10.9. The van der Waals surface area contributed by atoms with Gasteiger partial charge >= 0.3 is 5.97 Å². The molecule has 10 heavy (non-hydrogen) atoms. The molecule has 1 aliphatic rings. The van der Waals surface area contributed by atoms with E-state index in [2.05, 4.69) is 0 Å². The lowest BCUT2D eigenvalue weighted by atomic mass is 10.1. The molecular weight excluding hydrogens is 128 g/mol. The van der Waals surface area contributed by atoms with E-state index in [0.29, 0.717) is 0 Å². The molecule has 1 aliphatic heterocycles. The van der Waals surface area contributed by atoms with Gasteiger partial charge in [0, 0.05) is 12.0 Å². The highest BCUT2D eigenvalue weighted by Crippen LogP contribution is 2.19. The van der Waals surface area contributed by atoms with E-state index in [1.165, 1.54) is 0 Å². The third kappa shape index (κ3) is 1.38. The summed E-state index contributed by atoms with van der Waals surface area (Å²) in [6.07, 6.45) is 3.72. The fraction of sp³-hybridized carbons (Fsp3) is 0.625. The van der Waals surface area contributed by atoms with E-state index < -0.39 is 0 Å². The molecule has 0 saturated carbocycles. The minimum atomic E-state index is -0.130. The van der Waals surface area contributed by atoms with Crippen LogP contribution in [0, 0.1) is 0 Å². The number of ether oxygens (including phenoxy) is 1. The standard InChI is InChI=1S/C8H12O2/c1-3-4-7-5-6(2)10-8(7)9/h4,6H,3,5H2,1-2H3/b7-4+. The van der Waals surface area contributed by atoms with Crippen LogP contribution in [0.5, 0.6) is 0 Å². The number of hydrogen-bond acceptors (Lipinski definition) is 2. The van der Waals surface area contributed by atoms with E-state index in [-0.39, 0.29) is 12.1 Å². The highest BCUT2D eigenvalue weighted by atomic mass is 16.5. The van der Waals surface area contributed by atoms with Crippen LogP contribution in [0.25, 0.3) is 0 Å². The van der Waals surface area contributed by atoms with Gasteiger partial charge in [-0.25, -0.2) is 4.79 Å². The van der Waals surface area contributed by atoms with E-state index in [0.717, 1.165) is 18.4 Å². The van der Waals surface area contributed by atoms with E-state index in [1.807, 2.05) is 19.9 Å². The molecule has 1 fully saturated rings. The van der Waals surface area contributed by atoms with Crippen molar-refractivity contribution < 1.29 is 9.53 Å². The number of esters is 1. The number of rotatable bonds is 1. The Morgan fingerprint density at radius 1 is 1.80 bits per heavy atom. The first-order chi connectivity index (χ1) is 4.74. The predicted octanol–water partition coefficient (Wildman–Crippen LogP) is 1.66. The molecule has 0 aliphatic carbocycles. The van der Waals surface area contributed by atoms with Gasteiger partial charge in [-0.2, -0.15) is 0 Å². The van der Waals surface area contributed by atoms with Crippen LogP contribution < -0.4 is 0 Å². The molecule has 1 saturated heterocycles. The van der Waals surface area contributed by atoms with Crippen molar-refractivity contribution in [2.75, 3.05) is 0 Å². The summed E-state index contributed by atoms with van der Waals surface area (Å²) in [5.41, 5.74) is 0.843. The van der Waals surface area contributed by atoms with Gasteiger partial charge in [-0.15, -0.1) is 0 Å². The van der Waals surface area contributed by atoms with Crippen molar-refractivity contribution in [3.05, 3.63) is 11.6 Å². The maximum absolute atomic E-state index is 10.9. The summed E-state index contributed by atoms with van der Waals surface area (Å²) in [5, 5.41) is 0. The lowest BCUT2D eigenvalue weighted by Crippen LogP contribution is -1.99. The molecule has 1 heterocycles. The maximum atomic E-state index is 10.9. The summed E-state index contributed by atoms with van der Waals surface area (Å²) >= 11 is 0. The molecule has 0 aromatic carbocycles. The van der Waals surface area contributed by atoms with E-state index in [1.54, 1.807) is 0 Å². The number of carbonyl (C=O) groups is 1. The van der Waals surface area contributed by atoms with Gasteiger partial charge in [0.25, 0.3) is 0 Å². The highest BCUT2D eigenvalue weighted by Gasteiger charge is 2.24. The van der Waals surface area contributed by atoms with Crippen LogP contribution in [-0.2, 0) is 9.53 Å². The molecule has 1 unspecified atom stereocenters. The van der Waals surface area contributed by atoms with Crippen LogP contribution in [0.2, 0.25) is 0 Å². The summed E-state index contributed by atoms with van der Waals surface area (Å²) in [5.74, 6) is -0.130. The van der Waals surface area contributed by atoms with Crippen molar-refractivity contribution in [1.29, 1.82) is 0 Å². The van der Waals surface area contributed by atoms with Gasteiger partial charge in [0.15, 0.2) is 0 Å². The number of cyclic esters (lactones) is 1. The SMILES string of the molecule is CC/C=C1\CC(C)OC1=O. The van der Waals surface area contributed by atoms with Crippen LogP contribution in [0.1, 0.15) is 26.7 Å². The highest BCUT2D eigenvalue weighted by molar-refractivity contribution is 5.90. The Kier molecular flexibility index (Phi) is 2.10. The van der Waals surface area contributed by atoms with Crippen LogP contribution in [0.3, 0.4) is 0 Å². The molecule has 0 aromatic heterocycles. The molecule has 0 spiro atoms. The van der Waals surface area contributed by atoms with Crippen LogP contribution >= 0.6 is 0 Å². The number of allylic oxidation sites excluding steroid dienone is 1. The first-order valence-electron chi connectivity index (χ1n) is 3.64. The normalized spacial score (nSPS) is 29.2. The Labute approximate surface area is 60.9 Å². The molecule has 56 valence electrons. The second-order valence-electron chi connectivity index (χ2n) is 2.56. The summed E-state index contributed by atoms with van der Waals surface area (Å²) in [7, 11) is 0. The van der Waals surface area contributed by atoms with Gasteiger partial charge in [0.2, 0.25) is 0 Å². The smallest absolute Gasteiger partial charge is 0.334 e. The average Bonchev–Trinajstić information content (AvgIpc) is 2.13. The number of hydrogen-bond donors (Lipinski definition) is 0. The Bertz CT molecular complexity index is 170. The van der Waals surface area contributed by atoms with Crippen LogP contribution in [-0.4, -0.2) is 12.1 Å². The van der Waals surface area contributed by atoms with Crippen molar-refractivity contribution >= 4 is 5.97 Å². The van der Waals surface area contributed by atoms with E-state index in [9.17, 15) is 4.79 Å². The average molecular weight is 140 g/mol. The van der Waals surface area contributed by atoms with Crippen molar-refractivity contribution in [1.82, 2.24) is 0 Å². The fourth-order valence-electron chi connectivity index (χ4n) is 1.11. The van der Waals surface area contributed by atoms with Crippen LogP contribution in [0.4, 0.5) is 0 Å². The minimum absolute atomic E-state index is 0.0882. The summed E-state index contributed by atoms with van der Waals surface area (Å²) in [6, 6.07) is 0. The second kappa shape index (κ2) is 2.86. The van der Waals surface area contributed by atoms with Crippen LogP contribution in [0.15, 0.2) is 11.6 Å². The monoisotopic (exact) mass is 140 g/mol. The molecule has 1 atom stereocenters. The zero-order valence-corrected chi connectivity index (χ0v) is 6.39. The lowest BCUT2D eigenvalue weighted by Gasteiger charge is -1.94. The first kappa shape index (κ1) is 7.32. The molecule has 0 bridgehead atoms. The predicted molar refractivity (Wildman–Crippen MR) is 38.5 cm³/mol. The zero-order valence-electron chi connectivity index (χ0n) is 6.39. The quantitative estimate of drug-likeness (QED) is 0.409. The van der Waals surface area contributed by atoms with Gasteiger partial charge in [0.05, 0.1) is 0 Å². The number of carbonyl (C=O) groups excluding carboxylic acids is 1. The molecule has 0 aromatic rings. The molecular formula is C8H12O2. The van der Waals surface area contributed by atoms with Crippen molar-refractivity contribution in [3.8, 4) is 0 Å². The van der Waals surface area contributed by atoms with Gasteiger partial charge in [-0.3, -0.25) is 0 Å². The molecule has 0 radical (unpaired) electrons. The van der Waals surface area contributed by atoms with Gasteiger partial charge in [-0.1, -0.05) is 13.0 Å². The van der Waals surface area contributed by atoms with Gasteiger partial charge in [-0.05, 0) is 13.3 Å².